The van der Waals surface area contributed by atoms with Crippen LogP contribution in [0.2, 0.25) is 0 Å². The topological polar surface area (TPSA) is 80.4 Å². The summed E-state index contributed by atoms with van der Waals surface area (Å²) in [5, 5.41) is 4.54. The largest absolute Gasteiger partial charge is 0.350 e. The second-order valence-electron chi connectivity index (χ2n) is 8.94. The highest BCUT2D eigenvalue weighted by atomic mass is 79.9. The minimum Gasteiger partial charge on any atom is -0.342 e. The predicted octanol–water partition coefficient (Wildman–Crippen LogP) is 3.09. The van der Waals surface area contributed by atoms with Crippen LogP contribution >= 0.6 is 15.9 Å². The number of nitrogens with zero attached hydrogens (tertiary/aromatic N) is 5. The lowest BCUT2D eigenvalue weighted by atomic mass is 9.95. The standard InChI is InChI=1S/C25H26BrN5O3/c1-28-25(34)31(20-9-3-2-4-10-20)23(27-28)17-7-6-12-29(15-17)24(33)18-13-22(32)30(16-18)21-11-5-8-19(26)14-21/h2-5,8-11,14,17-18H,6-7,12-13,15-16H2,1H3. The van der Waals surface area contributed by atoms with Crippen molar-refractivity contribution in [2.45, 2.75) is 25.2 Å². The Kier molecular flexibility index (Phi) is 6.12. The number of halogens is 1. The normalized spacial score (nSPS) is 20.7. The predicted molar refractivity (Wildman–Crippen MR) is 132 cm³/mol. The van der Waals surface area contributed by atoms with Gasteiger partial charge in [-0.3, -0.25) is 9.59 Å². The molecule has 9 heteroatoms. The number of para-hydroxylation sites is 1. The second kappa shape index (κ2) is 9.21. The van der Waals surface area contributed by atoms with Crippen LogP contribution < -0.4 is 10.6 Å². The summed E-state index contributed by atoms with van der Waals surface area (Å²) >= 11 is 3.45. The van der Waals surface area contributed by atoms with Crippen molar-refractivity contribution in [1.29, 1.82) is 0 Å². The number of amides is 2. The van der Waals surface area contributed by atoms with E-state index in [1.54, 1.807) is 16.5 Å². The zero-order valence-corrected chi connectivity index (χ0v) is 20.5. The molecule has 3 heterocycles. The Hall–Kier alpha value is -3.20. The van der Waals surface area contributed by atoms with Crippen LogP contribution in [0.5, 0.6) is 0 Å². The van der Waals surface area contributed by atoms with Crippen LogP contribution in [0.15, 0.2) is 63.9 Å². The number of piperidine rings is 1. The van der Waals surface area contributed by atoms with E-state index in [4.69, 9.17) is 0 Å². The fraction of sp³-hybridized carbons (Fsp3) is 0.360. The molecule has 2 aromatic carbocycles. The number of rotatable bonds is 4. The van der Waals surface area contributed by atoms with Crippen LogP contribution in [0.1, 0.15) is 31.0 Å². The maximum absolute atomic E-state index is 13.4. The molecule has 3 aromatic rings. The highest BCUT2D eigenvalue weighted by Crippen LogP contribution is 2.31. The molecule has 8 nitrogen and oxygen atoms in total. The van der Waals surface area contributed by atoms with Gasteiger partial charge in [-0.1, -0.05) is 40.2 Å². The molecular formula is C25H26BrN5O3. The van der Waals surface area contributed by atoms with E-state index >= 15 is 0 Å². The van der Waals surface area contributed by atoms with Crippen LogP contribution in [0.4, 0.5) is 5.69 Å². The Labute approximate surface area is 205 Å². The van der Waals surface area contributed by atoms with Crippen molar-refractivity contribution in [1.82, 2.24) is 19.2 Å². The molecule has 2 atom stereocenters. The van der Waals surface area contributed by atoms with E-state index in [2.05, 4.69) is 21.0 Å². The molecule has 2 fully saturated rings. The Balaban J connectivity index is 1.35. The van der Waals surface area contributed by atoms with E-state index in [1.807, 2.05) is 59.5 Å². The third kappa shape index (κ3) is 4.20. The molecule has 0 saturated carbocycles. The molecule has 2 amide bonds. The van der Waals surface area contributed by atoms with Crippen LogP contribution in [0, 0.1) is 5.92 Å². The molecule has 1 aromatic heterocycles. The number of aromatic nitrogens is 3. The third-order valence-electron chi connectivity index (χ3n) is 6.66. The first-order chi connectivity index (χ1) is 16.4. The Morgan fingerprint density at radius 2 is 1.79 bits per heavy atom. The van der Waals surface area contributed by atoms with Crippen molar-refractivity contribution in [3.8, 4) is 5.69 Å². The maximum Gasteiger partial charge on any atom is 0.350 e. The number of likely N-dealkylation sites (tertiary alicyclic amines) is 1. The van der Waals surface area contributed by atoms with Gasteiger partial charge in [0.15, 0.2) is 0 Å². The Morgan fingerprint density at radius 1 is 1.03 bits per heavy atom. The summed E-state index contributed by atoms with van der Waals surface area (Å²) in [7, 11) is 1.65. The molecule has 5 rings (SSSR count). The highest BCUT2D eigenvalue weighted by Gasteiger charge is 2.39. The summed E-state index contributed by atoms with van der Waals surface area (Å²) in [6, 6.07) is 17.0. The SMILES string of the molecule is Cn1nc(C2CCCN(C(=O)C3CC(=O)N(c4cccc(Br)c4)C3)C2)n(-c2ccccc2)c1=O. The molecule has 176 valence electrons. The Morgan fingerprint density at radius 3 is 2.56 bits per heavy atom. The van der Waals surface area contributed by atoms with E-state index in [-0.39, 0.29) is 35.8 Å². The van der Waals surface area contributed by atoms with Gasteiger partial charge >= 0.3 is 5.69 Å². The fourth-order valence-corrected chi connectivity index (χ4v) is 5.37. The first kappa shape index (κ1) is 22.6. The maximum atomic E-state index is 13.4. The molecule has 0 spiro atoms. The van der Waals surface area contributed by atoms with Gasteiger partial charge in [-0.05, 0) is 43.2 Å². The number of carbonyl (C=O) groups is 2. The average Bonchev–Trinajstić information content (AvgIpc) is 3.38. The number of carbonyl (C=O) groups excluding carboxylic acids is 2. The van der Waals surface area contributed by atoms with Gasteiger partial charge in [-0.15, -0.1) is 0 Å². The van der Waals surface area contributed by atoms with Crippen LogP contribution in [0.25, 0.3) is 5.69 Å². The molecule has 34 heavy (non-hydrogen) atoms. The summed E-state index contributed by atoms with van der Waals surface area (Å²) in [5.41, 5.74) is 1.37. The molecule has 2 unspecified atom stereocenters. The second-order valence-corrected chi connectivity index (χ2v) is 9.86. The van der Waals surface area contributed by atoms with Gasteiger partial charge in [-0.2, -0.15) is 5.10 Å². The van der Waals surface area contributed by atoms with E-state index < -0.39 is 0 Å². The zero-order chi connectivity index (χ0) is 23.8. The zero-order valence-electron chi connectivity index (χ0n) is 18.9. The number of hydrogen-bond acceptors (Lipinski definition) is 4. The van der Waals surface area contributed by atoms with Gasteiger partial charge in [0.1, 0.15) is 5.82 Å². The lowest BCUT2D eigenvalue weighted by molar-refractivity contribution is -0.137. The van der Waals surface area contributed by atoms with Crippen LogP contribution in [-0.2, 0) is 16.6 Å². The smallest absolute Gasteiger partial charge is 0.342 e. The van der Waals surface area contributed by atoms with Crippen LogP contribution in [0.3, 0.4) is 0 Å². The van der Waals surface area contributed by atoms with Crippen molar-refractivity contribution in [2.75, 3.05) is 24.5 Å². The summed E-state index contributed by atoms with van der Waals surface area (Å²) in [4.78, 5) is 42.5. The highest BCUT2D eigenvalue weighted by molar-refractivity contribution is 9.10. The number of hydrogen-bond donors (Lipinski definition) is 0. The van der Waals surface area contributed by atoms with E-state index in [9.17, 15) is 14.4 Å². The van der Waals surface area contributed by atoms with Crippen molar-refractivity contribution >= 4 is 33.4 Å². The van der Waals surface area contributed by atoms with E-state index in [0.717, 1.165) is 28.7 Å². The molecule has 2 aliphatic heterocycles. The van der Waals surface area contributed by atoms with Gasteiger partial charge in [-0.25, -0.2) is 14.0 Å². The van der Waals surface area contributed by atoms with Crippen molar-refractivity contribution in [2.24, 2.45) is 13.0 Å². The number of benzene rings is 2. The molecule has 2 saturated heterocycles. The van der Waals surface area contributed by atoms with Crippen molar-refractivity contribution < 1.29 is 9.59 Å². The van der Waals surface area contributed by atoms with E-state index in [1.165, 1.54) is 4.68 Å². The molecule has 0 aliphatic carbocycles. The van der Waals surface area contributed by atoms with Crippen molar-refractivity contribution in [3.05, 3.63) is 75.4 Å². The first-order valence-electron chi connectivity index (χ1n) is 11.5. The summed E-state index contributed by atoms with van der Waals surface area (Å²) in [5.74, 6) is 0.220. The fourth-order valence-electron chi connectivity index (χ4n) is 4.98. The first-order valence-corrected chi connectivity index (χ1v) is 12.3. The summed E-state index contributed by atoms with van der Waals surface area (Å²) in [6.07, 6.45) is 1.89. The minimum atomic E-state index is -0.370. The molecule has 0 bridgehead atoms. The van der Waals surface area contributed by atoms with Gasteiger partial charge in [0.2, 0.25) is 11.8 Å². The quantitative estimate of drug-likeness (QED) is 0.526. The minimum absolute atomic E-state index is 0.0000796. The lowest BCUT2D eigenvalue weighted by Gasteiger charge is -2.33. The Bertz CT molecular complexity index is 1290. The molecule has 0 radical (unpaired) electrons. The monoisotopic (exact) mass is 523 g/mol. The summed E-state index contributed by atoms with van der Waals surface area (Å²) in [6.45, 7) is 1.52. The van der Waals surface area contributed by atoms with Crippen molar-refractivity contribution in [3.63, 3.8) is 0 Å². The molecule has 0 N–H and O–H groups in total. The summed E-state index contributed by atoms with van der Waals surface area (Å²) < 4.78 is 3.90. The van der Waals surface area contributed by atoms with Gasteiger partial charge in [0.25, 0.3) is 0 Å². The number of anilines is 1. The van der Waals surface area contributed by atoms with Gasteiger partial charge in [0, 0.05) is 49.2 Å². The number of aryl methyl sites for hydroxylation is 1. The lowest BCUT2D eigenvalue weighted by Crippen LogP contribution is -2.43. The van der Waals surface area contributed by atoms with Crippen LogP contribution in [-0.4, -0.2) is 50.7 Å². The van der Waals surface area contributed by atoms with E-state index in [0.29, 0.717) is 25.5 Å². The average molecular weight is 524 g/mol. The molecular weight excluding hydrogens is 498 g/mol. The molecule has 2 aliphatic rings. The van der Waals surface area contributed by atoms with Gasteiger partial charge in [0.05, 0.1) is 11.6 Å². The van der Waals surface area contributed by atoms with Gasteiger partial charge < -0.3 is 9.80 Å². The third-order valence-corrected chi connectivity index (χ3v) is 7.15.